The molecule has 176 valence electrons. The number of nitrogens with one attached hydrogen (secondary N) is 1. The van der Waals surface area contributed by atoms with E-state index in [0.717, 1.165) is 27.8 Å². The SMILES string of the molecule is COc1ccncc1/C=C/c1ccc(C(=O)NC(CCSC)C(=O)O)c(-c2ccccc2C)c1.[Na+]. The number of amides is 1. The monoisotopic (exact) mass is 499 g/mol. The molecular weight excluding hydrogens is 471 g/mol. The zero-order valence-corrected chi connectivity index (χ0v) is 23.3. The summed E-state index contributed by atoms with van der Waals surface area (Å²) in [6.07, 6.45) is 9.50. The molecule has 8 heteroatoms. The van der Waals surface area contributed by atoms with Crippen molar-refractivity contribution in [2.75, 3.05) is 19.1 Å². The smallest absolute Gasteiger partial charge is 0.496 e. The summed E-state index contributed by atoms with van der Waals surface area (Å²) in [5.41, 5.74) is 4.83. The van der Waals surface area contributed by atoms with E-state index in [1.165, 1.54) is 0 Å². The molecule has 0 bridgehead atoms. The predicted molar refractivity (Wildman–Crippen MR) is 138 cm³/mol. The van der Waals surface area contributed by atoms with Crippen molar-refractivity contribution in [3.05, 3.63) is 83.2 Å². The van der Waals surface area contributed by atoms with E-state index in [9.17, 15) is 14.7 Å². The number of ether oxygens (including phenoxy) is 1. The minimum Gasteiger partial charge on any atom is -0.496 e. The molecule has 6 nitrogen and oxygen atoms in total. The van der Waals surface area contributed by atoms with Gasteiger partial charge in [0.25, 0.3) is 5.91 Å². The van der Waals surface area contributed by atoms with Gasteiger partial charge in [-0.2, -0.15) is 11.8 Å². The quantitative estimate of drug-likeness (QED) is 0.416. The van der Waals surface area contributed by atoms with Crippen molar-refractivity contribution in [3.63, 3.8) is 0 Å². The Labute approximate surface area is 232 Å². The van der Waals surface area contributed by atoms with Gasteiger partial charge in [-0.05, 0) is 71.9 Å². The normalized spacial score (nSPS) is 11.5. The Morgan fingerprint density at radius 3 is 2.60 bits per heavy atom. The summed E-state index contributed by atoms with van der Waals surface area (Å²) < 4.78 is 5.38. The average Bonchev–Trinajstić information content (AvgIpc) is 2.85. The van der Waals surface area contributed by atoms with Crippen LogP contribution in [0.2, 0.25) is 0 Å². The average molecular weight is 500 g/mol. The molecule has 1 unspecified atom stereocenters. The summed E-state index contributed by atoms with van der Waals surface area (Å²) in [5.74, 6) is -0.0870. The van der Waals surface area contributed by atoms with Crippen LogP contribution in [0, 0.1) is 6.92 Å². The fourth-order valence-corrected chi connectivity index (χ4v) is 4.05. The van der Waals surface area contributed by atoms with Crippen LogP contribution in [-0.4, -0.2) is 47.1 Å². The maximum absolute atomic E-state index is 13.2. The third-order valence-corrected chi connectivity index (χ3v) is 6.07. The van der Waals surface area contributed by atoms with Crippen LogP contribution in [0.1, 0.15) is 33.5 Å². The molecule has 35 heavy (non-hydrogen) atoms. The third kappa shape index (κ3) is 7.70. The molecule has 0 radical (unpaired) electrons. The number of thioether (sulfide) groups is 1. The number of aromatic nitrogens is 1. The summed E-state index contributed by atoms with van der Waals surface area (Å²) in [6, 6.07) is 14.2. The van der Waals surface area contributed by atoms with Crippen LogP contribution < -0.4 is 39.6 Å². The van der Waals surface area contributed by atoms with Gasteiger partial charge in [-0.15, -0.1) is 0 Å². The molecular formula is C27H28N2NaO4S+. The van der Waals surface area contributed by atoms with Gasteiger partial charge in [0.05, 0.1) is 7.11 Å². The molecule has 0 aliphatic heterocycles. The molecule has 3 rings (SSSR count). The van der Waals surface area contributed by atoms with Crippen LogP contribution in [0.4, 0.5) is 0 Å². The van der Waals surface area contributed by atoms with Crippen molar-refractivity contribution in [3.8, 4) is 16.9 Å². The van der Waals surface area contributed by atoms with E-state index in [1.807, 2.05) is 61.7 Å². The van der Waals surface area contributed by atoms with Crippen molar-refractivity contribution in [1.29, 1.82) is 0 Å². The third-order valence-electron chi connectivity index (χ3n) is 5.42. The van der Waals surface area contributed by atoms with E-state index in [-0.39, 0.29) is 29.6 Å². The summed E-state index contributed by atoms with van der Waals surface area (Å²) in [7, 11) is 1.61. The van der Waals surface area contributed by atoms with E-state index >= 15 is 0 Å². The fraction of sp³-hybridized carbons (Fsp3) is 0.222. The number of hydrogen-bond donors (Lipinski definition) is 2. The second kappa shape index (κ2) is 14.1. The number of carboxylic acids is 1. The van der Waals surface area contributed by atoms with Crippen molar-refractivity contribution in [2.45, 2.75) is 19.4 Å². The van der Waals surface area contributed by atoms with Crippen LogP contribution in [0.3, 0.4) is 0 Å². The molecule has 0 spiro atoms. The van der Waals surface area contributed by atoms with Crippen LogP contribution in [-0.2, 0) is 4.79 Å². The van der Waals surface area contributed by atoms with Gasteiger partial charge >= 0.3 is 35.5 Å². The molecule has 1 atom stereocenters. The first-order valence-electron chi connectivity index (χ1n) is 10.8. The number of pyridine rings is 1. The summed E-state index contributed by atoms with van der Waals surface area (Å²) in [4.78, 5) is 29.0. The first-order valence-corrected chi connectivity index (χ1v) is 12.2. The van der Waals surface area contributed by atoms with Gasteiger partial charge < -0.3 is 15.2 Å². The molecule has 2 aromatic carbocycles. The van der Waals surface area contributed by atoms with Gasteiger partial charge in [0.1, 0.15) is 11.8 Å². The summed E-state index contributed by atoms with van der Waals surface area (Å²) in [5, 5.41) is 12.2. The van der Waals surface area contributed by atoms with Crippen LogP contribution in [0.15, 0.2) is 60.9 Å². The van der Waals surface area contributed by atoms with Crippen LogP contribution >= 0.6 is 11.8 Å². The largest absolute Gasteiger partial charge is 1.00 e. The van der Waals surface area contributed by atoms with Crippen LogP contribution in [0.5, 0.6) is 5.75 Å². The van der Waals surface area contributed by atoms with Crippen LogP contribution in [0.25, 0.3) is 23.3 Å². The zero-order chi connectivity index (χ0) is 24.5. The van der Waals surface area contributed by atoms with E-state index < -0.39 is 17.9 Å². The molecule has 1 amide bonds. The van der Waals surface area contributed by atoms with Gasteiger partial charge in [-0.1, -0.05) is 36.4 Å². The van der Waals surface area contributed by atoms with Crippen molar-refractivity contribution in [1.82, 2.24) is 10.3 Å². The second-order valence-electron chi connectivity index (χ2n) is 7.72. The number of carboxylic acid groups (broad SMARTS) is 1. The number of nitrogens with zero attached hydrogens (tertiary/aromatic N) is 1. The van der Waals surface area contributed by atoms with Crippen molar-refractivity contribution < 1.29 is 49.0 Å². The second-order valence-corrected chi connectivity index (χ2v) is 8.70. The topological polar surface area (TPSA) is 88.5 Å². The predicted octanol–water partition coefficient (Wildman–Crippen LogP) is 2.18. The van der Waals surface area contributed by atoms with Gasteiger partial charge in [0.15, 0.2) is 0 Å². The Hall–Kier alpha value is -2.58. The minimum atomic E-state index is -1.04. The number of aliphatic carboxylic acids is 1. The van der Waals surface area contributed by atoms with Gasteiger partial charge in [-0.25, -0.2) is 4.79 Å². The molecule has 2 N–H and O–H groups in total. The first kappa shape index (κ1) is 28.7. The minimum absolute atomic E-state index is 0. The number of benzene rings is 2. The Bertz CT molecular complexity index is 1200. The standard InChI is InChI=1S/C27H28N2O4S.Na/c1-18-6-4-5-7-21(18)23-16-19(8-10-20-17-28-14-12-25(20)33-2)9-11-22(23)26(30)29-24(27(31)32)13-15-34-3;/h4-12,14,16-17,24H,13,15H2,1-3H3,(H,29,30)(H,31,32);/q;+1/b10-8+;. The maximum Gasteiger partial charge on any atom is 1.00 e. The van der Waals surface area contributed by atoms with Crippen molar-refractivity contribution in [2.24, 2.45) is 0 Å². The number of carbonyl (C=O) groups excluding carboxylic acids is 1. The Kier molecular flexibility index (Phi) is 11.5. The van der Waals surface area contributed by atoms with E-state index in [1.54, 1.807) is 43.4 Å². The summed E-state index contributed by atoms with van der Waals surface area (Å²) in [6.45, 7) is 1.98. The van der Waals surface area contributed by atoms with E-state index in [2.05, 4.69) is 10.3 Å². The first-order chi connectivity index (χ1) is 16.4. The van der Waals surface area contributed by atoms with Gasteiger partial charge in [0.2, 0.25) is 0 Å². The number of carbonyl (C=O) groups is 2. The Balaban J connectivity index is 0.00000432. The van der Waals surface area contributed by atoms with Gasteiger partial charge in [0, 0.05) is 23.5 Å². The molecule has 0 saturated carbocycles. The fourth-order valence-electron chi connectivity index (χ4n) is 3.58. The van der Waals surface area contributed by atoms with Gasteiger partial charge in [-0.3, -0.25) is 9.78 Å². The molecule has 0 fully saturated rings. The Morgan fingerprint density at radius 1 is 1.14 bits per heavy atom. The maximum atomic E-state index is 13.2. The van der Waals surface area contributed by atoms with E-state index in [0.29, 0.717) is 23.5 Å². The van der Waals surface area contributed by atoms with Crippen molar-refractivity contribution >= 4 is 35.8 Å². The number of aryl methyl sites for hydroxylation is 1. The Morgan fingerprint density at radius 2 is 1.91 bits per heavy atom. The molecule has 0 aliphatic carbocycles. The molecule has 3 aromatic rings. The molecule has 1 aromatic heterocycles. The zero-order valence-electron chi connectivity index (χ0n) is 20.4. The molecule has 0 aliphatic rings. The number of methoxy groups -OCH3 is 1. The van der Waals surface area contributed by atoms with E-state index in [4.69, 9.17) is 4.74 Å². The molecule has 0 saturated heterocycles. The molecule has 1 heterocycles. The number of rotatable bonds is 10. The number of hydrogen-bond acceptors (Lipinski definition) is 5. The summed E-state index contributed by atoms with van der Waals surface area (Å²) >= 11 is 1.54.